The summed E-state index contributed by atoms with van der Waals surface area (Å²) in [5.74, 6) is 0.947. The number of guanidine groups is 1. The first-order valence-electron chi connectivity index (χ1n) is 8.94. The Balaban J connectivity index is 0.00000225. The fourth-order valence-corrected chi connectivity index (χ4v) is 3.21. The Morgan fingerprint density at radius 1 is 1.24 bits per heavy atom. The van der Waals surface area contributed by atoms with Crippen LogP contribution in [-0.4, -0.2) is 63.2 Å². The van der Waals surface area contributed by atoms with E-state index in [0.29, 0.717) is 6.04 Å². The van der Waals surface area contributed by atoms with E-state index in [9.17, 15) is 0 Å². The van der Waals surface area contributed by atoms with Gasteiger partial charge in [-0.15, -0.1) is 24.0 Å². The normalized spacial score (nSPS) is 18.6. The first kappa shape index (κ1) is 20.6. The fraction of sp³-hybridized carbons (Fsp3) is 0.611. The van der Waals surface area contributed by atoms with Crippen LogP contribution < -0.4 is 15.5 Å². The fourth-order valence-electron chi connectivity index (χ4n) is 3.03. The number of hydrogen-bond acceptors (Lipinski definition) is 3. The minimum Gasteiger partial charge on any atom is -0.369 e. The molecule has 2 aliphatic rings. The van der Waals surface area contributed by atoms with Crippen molar-refractivity contribution in [2.45, 2.75) is 25.3 Å². The van der Waals surface area contributed by atoms with Gasteiger partial charge in [0, 0.05) is 56.5 Å². The molecule has 1 aliphatic carbocycles. The molecule has 3 rings (SSSR count). The summed E-state index contributed by atoms with van der Waals surface area (Å²) in [5, 5.41) is 7.64. The van der Waals surface area contributed by atoms with E-state index in [2.05, 4.69) is 37.6 Å². The molecule has 25 heavy (non-hydrogen) atoms. The predicted octanol–water partition coefficient (Wildman–Crippen LogP) is 2.80. The zero-order valence-electron chi connectivity index (χ0n) is 14.9. The van der Waals surface area contributed by atoms with Gasteiger partial charge >= 0.3 is 0 Å². The summed E-state index contributed by atoms with van der Waals surface area (Å²) in [5.41, 5.74) is 1.23. The lowest BCUT2D eigenvalue weighted by molar-refractivity contribution is 0.255. The van der Waals surface area contributed by atoms with E-state index < -0.39 is 0 Å². The van der Waals surface area contributed by atoms with Crippen LogP contribution in [0.2, 0.25) is 5.02 Å². The molecule has 0 bridgehead atoms. The molecule has 7 heteroatoms. The Labute approximate surface area is 173 Å². The van der Waals surface area contributed by atoms with Crippen LogP contribution in [0.3, 0.4) is 0 Å². The van der Waals surface area contributed by atoms with Crippen molar-refractivity contribution in [3.63, 3.8) is 0 Å². The van der Waals surface area contributed by atoms with Gasteiger partial charge in [0.2, 0.25) is 0 Å². The van der Waals surface area contributed by atoms with E-state index in [-0.39, 0.29) is 24.0 Å². The number of halogens is 2. The number of piperazine rings is 1. The second kappa shape index (κ2) is 10.4. The van der Waals surface area contributed by atoms with Crippen LogP contribution in [0, 0.1) is 0 Å². The number of nitrogens with zero attached hydrogens (tertiary/aromatic N) is 3. The van der Waals surface area contributed by atoms with Crippen molar-refractivity contribution < 1.29 is 0 Å². The second-order valence-corrected chi connectivity index (χ2v) is 7.02. The predicted molar refractivity (Wildman–Crippen MR) is 118 cm³/mol. The maximum Gasteiger partial charge on any atom is 0.191 e. The molecule has 1 saturated heterocycles. The molecule has 2 N–H and O–H groups in total. The van der Waals surface area contributed by atoms with Crippen LogP contribution in [0.4, 0.5) is 5.69 Å². The maximum absolute atomic E-state index is 6.09. The summed E-state index contributed by atoms with van der Waals surface area (Å²) in [7, 11) is 1.84. The first-order chi connectivity index (χ1) is 11.7. The zero-order chi connectivity index (χ0) is 16.8. The molecule has 0 radical (unpaired) electrons. The number of nitrogens with one attached hydrogen (secondary N) is 2. The molecule has 0 unspecified atom stereocenters. The van der Waals surface area contributed by atoms with Gasteiger partial charge < -0.3 is 15.5 Å². The molecule has 1 aliphatic heterocycles. The van der Waals surface area contributed by atoms with Crippen molar-refractivity contribution >= 4 is 47.2 Å². The number of aliphatic imine (C=N–C) groups is 1. The smallest absolute Gasteiger partial charge is 0.191 e. The van der Waals surface area contributed by atoms with E-state index in [1.54, 1.807) is 0 Å². The van der Waals surface area contributed by atoms with Gasteiger partial charge in [0.1, 0.15) is 0 Å². The van der Waals surface area contributed by atoms with E-state index >= 15 is 0 Å². The molecule has 2 fully saturated rings. The monoisotopic (exact) mass is 477 g/mol. The quantitative estimate of drug-likeness (QED) is 0.286. The van der Waals surface area contributed by atoms with Gasteiger partial charge in [0.05, 0.1) is 0 Å². The van der Waals surface area contributed by atoms with E-state index in [1.807, 2.05) is 19.2 Å². The Hall–Kier alpha value is -0.730. The lowest BCUT2D eigenvalue weighted by Crippen LogP contribution is -2.47. The molecule has 1 aromatic rings. The number of rotatable bonds is 6. The molecule has 0 amide bonds. The third-order valence-electron chi connectivity index (χ3n) is 4.63. The Bertz CT molecular complexity index is 556. The number of benzene rings is 1. The van der Waals surface area contributed by atoms with Crippen LogP contribution in [0.5, 0.6) is 0 Å². The molecule has 0 aromatic heterocycles. The molecule has 1 saturated carbocycles. The van der Waals surface area contributed by atoms with Crippen molar-refractivity contribution in [2.75, 3.05) is 51.2 Å². The van der Waals surface area contributed by atoms with Crippen LogP contribution in [0.25, 0.3) is 0 Å². The third kappa shape index (κ3) is 6.83. The molecule has 0 atom stereocenters. The van der Waals surface area contributed by atoms with Gasteiger partial charge in [0.25, 0.3) is 0 Å². The Morgan fingerprint density at radius 3 is 2.64 bits per heavy atom. The van der Waals surface area contributed by atoms with E-state index in [1.165, 1.54) is 18.5 Å². The van der Waals surface area contributed by atoms with Crippen molar-refractivity contribution in [3.8, 4) is 0 Å². The van der Waals surface area contributed by atoms with Crippen LogP contribution >= 0.6 is 35.6 Å². The number of hydrogen-bond donors (Lipinski definition) is 2. The summed E-state index contributed by atoms with van der Waals surface area (Å²) >= 11 is 6.09. The minimum absolute atomic E-state index is 0. The van der Waals surface area contributed by atoms with Crippen molar-refractivity contribution in [1.29, 1.82) is 0 Å². The van der Waals surface area contributed by atoms with Crippen molar-refractivity contribution in [2.24, 2.45) is 4.99 Å². The number of anilines is 1. The maximum atomic E-state index is 6.09. The SMILES string of the molecule is CN=C(NCCCN1CCN(c2cccc(Cl)c2)CC1)NC1CC1.I. The van der Waals surface area contributed by atoms with Crippen LogP contribution in [0.1, 0.15) is 19.3 Å². The van der Waals surface area contributed by atoms with Gasteiger partial charge in [-0.3, -0.25) is 9.89 Å². The van der Waals surface area contributed by atoms with Crippen molar-refractivity contribution in [3.05, 3.63) is 29.3 Å². The lowest BCUT2D eigenvalue weighted by atomic mass is 10.2. The highest BCUT2D eigenvalue weighted by Gasteiger charge is 2.22. The van der Waals surface area contributed by atoms with Gasteiger partial charge in [-0.05, 0) is 44.0 Å². The molecule has 5 nitrogen and oxygen atoms in total. The van der Waals surface area contributed by atoms with Gasteiger partial charge in [-0.2, -0.15) is 0 Å². The summed E-state index contributed by atoms with van der Waals surface area (Å²) < 4.78 is 0. The van der Waals surface area contributed by atoms with Gasteiger partial charge in [-0.1, -0.05) is 17.7 Å². The highest BCUT2D eigenvalue weighted by atomic mass is 127. The minimum atomic E-state index is 0. The largest absolute Gasteiger partial charge is 0.369 e. The van der Waals surface area contributed by atoms with Gasteiger partial charge in [-0.25, -0.2) is 0 Å². The molecule has 140 valence electrons. The van der Waals surface area contributed by atoms with Gasteiger partial charge in [0.15, 0.2) is 5.96 Å². The third-order valence-corrected chi connectivity index (χ3v) is 4.87. The average Bonchev–Trinajstić information content (AvgIpc) is 3.42. The highest BCUT2D eigenvalue weighted by molar-refractivity contribution is 14.0. The Kier molecular flexibility index (Phi) is 8.58. The van der Waals surface area contributed by atoms with Crippen LogP contribution in [0.15, 0.2) is 29.3 Å². The summed E-state index contributed by atoms with van der Waals surface area (Å²) in [6, 6.07) is 8.80. The van der Waals surface area contributed by atoms with Crippen molar-refractivity contribution in [1.82, 2.24) is 15.5 Å². The molecular weight excluding hydrogens is 449 g/mol. The first-order valence-corrected chi connectivity index (χ1v) is 9.32. The zero-order valence-corrected chi connectivity index (χ0v) is 18.0. The standard InChI is InChI=1S/C18H28ClN5.HI/c1-20-18(22-16-6-7-16)21-8-3-9-23-10-12-24(13-11-23)17-5-2-4-15(19)14-17;/h2,4-5,14,16H,3,6-13H2,1H3,(H2,20,21,22);1H. The van der Waals surface area contributed by atoms with E-state index in [4.69, 9.17) is 11.6 Å². The van der Waals surface area contributed by atoms with E-state index in [0.717, 1.165) is 56.7 Å². The lowest BCUT2D eigenvalue weighted by Gasteiger charge is -2.36. The Morgan fingerprint density at radius 2 is 2.00 bits per heavy atom. The summed E-state index contributed by atoms with van der Waals surface area (Å²) in [6.45, 7) is 6.47. The highest BCUT2D eigenvalue weighted by Crippen LogP contribution is 2.20. The summed E-state index contributed by atoms with van der Waals surface area (Å²) in [4.78, 5) is 9.23. The van der Waals surface area contributed by atoms with Crippen LogP contribution in [-0.2, 0) is 0 Å². The average molecular weight is 478 g/mol. The summed E-state index contributed by atoms with van der Waals surface area (Å²) in [6.07, 6.45) is 3.69. The molecule has 1 heterocycles. The molecular formula is C18H29ClIN5. The molecule has 0 spiro atoms. The molecule has 1 aromatic carbocycles. The topological polar surface area (TPSA) is 42.9 Å². The second-order valence-electron chi connectivity index (χ2n) is 6.58.